The second kappa shape index (κ2) is 9.57. The summed E-state index contributed by atoms with van der Waals surface area (Å²) >= 11 is 14.5. The van der Waals surface area contributed by atoms with Gasteiger partial charge in [0.05, 0.1) is 17.3 Å². The van der Waals surface area contributed by atoms with E-state index in [1.165, 1.54) is 23.1 Å². The number of carboxylic acid groups (broad SMARTS) is 1. The zero-order valence-electron chi connectivity index (χ0n) is 15.7. The van der Waals surface area contributed by atoms with E-state index in [9.17, 15) is 9.90 Å². The van der Waals surface area contributed by atoms with Crippen molar-refractivity contribution < 1.29 is 15.0 Å². The first-order valence-electron chi connectivity index (χ1n) is 9.64. The van der Waals surface area contributed by atoms with Crippen molar-refractivity contribution >= 4 is 40.5 Å². The molecule has 0 spiro atoms. The number of aryl methyl sites for hydroxylation is 1. The summed E-state index contributed by atoms with van der Waals surface area (Å²) in [5.41, 5.74) is 2.09. The van der Waals surface area contributed by atoms with Crippen LogP contribution in [0, 0.1) is 5.92 Å². The first-order chi connectivity index (χ1) is 13.4. The Hall–Kier alpha value is -1.14. The van der Waals surface area contributed by atoms with Crippen LogP contribution < -0.4 is 0 Å². The fourth-order valence-corrected chi connectivity index (χ4v) is 5.92. The number of halogens is 2. The summed E-state index contributed by atoms with van der Waals surface area (Å²) in [5.74, 6) is -0.477. The van der Waals surface area contributed by atoms with Crippen molar-refractivity contribution in [2.45, 2.75) is 61.8 Å². The summed E-state index contributed by atoms with van der Waals surface area (Å²) in [4.78, 5) is 15.5. The molecule has 1 heterocycles. The van der Waals surface area contributed by atoms with E-state index in [0.29, 0.717) is 6.42 Å². The van der Waals surface area contributed by atoms with Gasteiger partial charge in [0.2, 0.25) is 0 Å². The van der Waals surface area contributed by atoms with Crippen LogP contribution in [0.4, 0.5) is 0 Å². The van der Waals surface area contributed by atoms with Crippen molar-refractivity contribution in [3.63, 3.8) is 0 Å². The Balaban J connectivity index is 1.65. The molecule has 7 heteroatoms. The van der Waals surface area contributed by atoms with Crippen LogP contribution in [-0.4, -0.2) is 31.9 Å². The van der Waals surface area contributed by atoms with Crippen molar-refractivity contribution in [2.75, 3.05) is 0 Å². The Morgan fingerprint density at radius 3 is 2.61 bits per heavy atom. The highest BCUT2D eigenvalue weighted by Crippen LogP contribution is 2.47. The molecule has 1 aliphatic rings. The van der Waals surface area contributed by atoms with Crippen molar-refractivity contribution in [1.82, 2.24) is 4.98 Å². The van der Waals surface area contributed by atoms with E-state index >= 15 is 0 Å². The molecule has 5 atom stereocenters. The SMILES string of the molecule is CCC(O)c1ccc(C2C(Cl)CC(Cl)C2CCCc2ncc(C(=O)O)s2)cc1. The fraction of sp³-hybridized carbons (Fsp3) is 0.524. The molecule has 5 unspecified atom stereocenters. The minimum atomic E-state index is -0.929. The predicted molar refractivity (Wildman–Crippen MR) is 114 cm³/mol. The molecule has 28 heavy (non-hydrogen) atoms. The van der Waals surface area contributed by atoms with E-state index in [2.05, 4.69) is 17.1 Å². The average Bonchev–Trinajstić information content (AvgIpc) is 3.26. The smallest absolute Gasteiger partial charge is 0.347 e. The minimum absolute atomic E-state index is 0.00655. The molecule has 2 aromatic rings. The Kier molecular flexibility index (Phi) is 7.37. The summed E-state index contributed by atoms with van der Waals surface area (Å²) < 4.78 is 0. The van der Waals surface area contributed by atoms with Gasteiger partial charge in [0, 0.05) is 16.7 Å². The molecule has 3 rings (SSSR count). The number of aromatic nitrogens is 1. The number of thiazole rings is 1. The van der Waals surface area contributed by atoms with Gasteiger partial charge < -0.3 is 10.2 Å². The number of aromatic carboxylic acids is 1. The van der Waals surface area contributed by atoms with Gasteiger partial charge in [-0.1, -0.05) is 31.2 Å². The van der Waals surface area contributed by atoms with E-state index in [0.717, 1.165) is 36.3 Å². The summed E-state index contributed by atoms with van der Waals surface area (Å²) in [6, 6.07) is 8.09. The first kappa shape index (κ1) is 21.6. The Bertz CT molecular complexity index is 795. The highest BCUT2D eigenvalue weighted by atomic mass is 35.5. The van der Waals surface area contributed by atoms with Crippen LogP contribution in [0.15, 0.2) is 30.5 Å². The molecule has 2 N–H and O–H groups in total. The van der Waals surface area contributed by atoms with E-state index in [1.54, 1.807) is 0 Å². The average molecular weight is 442 g/mol. The summed E-state index contributed by atoms with van der Waals surface area (Å²) in [5, 5.41) is 19.9. The number of carboxylic acids is 1. The summed E-state index contributed by atoms with van der Waals surface area (Å²) in [6.45, 7) is 1.96. The van der Waals surface area contributed by atoms with Gasteiger partial charge in [0.1, 0.15) is 4.88 Å². The molecular formula is C21H25Cl2NO3S. The van der Waals surface area contributed by atoms with Crippen LogP contribution in [0.2, 0.25) is 0 Å². The number of benzene rings is 1. The van der Waals surface area contributed by atoms with E-state index in [-0.39, 0.29) is 27.5 Å². The van der Waals surface area contributed by atoms with Crippen molar-refractivity contribution in [3.8, 4) is 0 Å². The van der Waals surface area contributed by atoms with Crippen LogP contribution in [0.25, 0.3) is 0 Å². The highest BCUT2D eigenvalue weighted by molar-refractivity contribution is 7.13. The molecule has 0 radical (unpaired) electrons. The maximum absolute atomic E-state index is 11.0. The lowest BCUT2D eigenvalue weighted by molar-refractivity contribution is 0.0702. The summed E-state index contributed by atoms with van der Waals surface area (Å²) in [7, 11) is 0. The molecule has 1 fully saturated rings. The molecule has 1 aromatic carbocycles. The molecule has 1 saturated carbocycles. The monoisotopic (exact) mass is 441 g/mol. The van der Waals surface area contributed by atoms with Crippen LogP contribution >= 0.6 is 34.5 Å². The van der Waals surface area contributed by atoms with Crippen molar-refractivity contribution in [1.29, 1.82) is 0 Å². The normalized spacial score (nSPS) is 25.7. The van der Waals surface area contributed by atoms with Crippen LogP contribution in [-0.2, 0) is 6.42 Å². The Morgan fingerprint density at radius 1 is 1.29 bits per heavy atom. The molecule has 1 aliphatic carbocycles. The number of aliphatic hydroxyl groups is 1. The third kappa shape index (κ3) is 4.88. The van der Waals surface area contributed by atoms with E-state index in [4.69, 9.17) is 28.3 Å². The second-order valence-corrected chi connectivity index (χ2v) is 9.60. The molecule has 0 saturated heterocycles. The van der Waals surface area contributed by atoms with E-state index in [1.807, 2.05) is 19.1 Å². The van der Waals surface area contributed by atoms with Gasteiger partial charge in [-0.05, 0) is 49.1 Å². The second-order valence-electron chi connectivity index (χ2n) is 7.36. The number of carbonyl (C=O) groups is 1. The summed E-state index contributed by atoms with van der Waals surface area (Å²) in [6.07, 6.45) is 5.02. The molecule has 0 amide bonds. The van der Waals surface area contributed by atoms with E-state index < -0.39 is 12.1 Å². The lowest BCUT2D eigenvalue weighted by Gasteiger charge is -2.24. The first-order valence-corrected chi connectivity index (χ1v) is 11.3. The van der Waals surface area contributed by atoms with Gasteiger partial charge in [0.25, 0.3) is 0 Å². The number of alkyl halides is 2. The number of nitrogens with zero attached hydrogens (tertiary/aromatic N) is 1. The van der Waals surface area contributed by atoms with Crippen LogP contribution in [0.5, 0.6) is 0 Å². The molecular weight excluding hydrogens is 417 g/mol. The lowest BCUT2D eigenvalue weighted by Crippen LogP contribution is -2.17. The third-order valence-electron chi connectivity index (χ3n) is 5.55. The van der Waals surface area contributed by atoms with Crippen molar-refractivity contribution in [3.05, 3.63) is 51.5 Å². The maximum Gasteiger partial charge on any atom is 0.347 e. The fourth-order valence-electron chi connectivity index (χ4n) is 4.04. The van der Waals surface area contributed by atoms with Gasteiger partial charge in [-0.3, -0.25) is 0 Å². The molecule has 1 aromatic heterocycles. The largest absolute Gasteiger partial charge is 0.477 e. The number of aliphatic hydroxyl groups excluding tert-OH is 1. The predicted octanol–water partition coefficient (Wildman–Crippen LogP) is 5.63. The quantitative estimate of drug-likeness (QED) is 0.520. The number of rotatable bonds is 8. The Labute approximate surface area is 179 Å². The zero-order chi connectivity index (χ0) is 20.3. The minimum Gasteiger partial charge on any atom is -0.477 e. The zero-order valence-corrected chi connectivity index (χ0v) is 18.1. The third-order valence-corrected chi connectivity index (χ3v) is 7.55. The highest BCUT2D eigenvalue weighted by Gasteiger charge is 2.41. The Morgan fingerprint density at radius 2 is 2.00 bits per heavy atom. The standard InChI is InChI=1S/C21H25Cl2NO3S/c1-2-17(25)12-6-8-13(9-7-12)20-14(15(22)10-16(20)23)4-3-5-19-24-11-18(28-19)21(26)27/h6-9,11,14-17,20,25H,2-5,10H2,1H3,(H,26,27). The lowest BCUT2D eigenvalue weighted by atomic mass is 9.84. The molecule has 152 valence electrons. The number of hydrogen-bond acceptors (Lipinski definition) is 4. The van der Waals surface area contributed by atoms with Gasteiger partial charge in [0.15, 0.2) is 0 Å². The maximum atomic E-state index is 11.0. The van der Waals surface area contributed by atoms with Crippen LogP contribution in [0.3, 0.4) is 0 Å². The molecule has 0 bridgehead atoms. The topological polar surface area (TPSA) is 70.4 Å². The van der Waals surface area contributed by atoms with Gasteiger partial charge >= 0.3 is 5.97 Å². The number of hydrogen-bond donors (Lipinski definition) is 2. The molecule has 4 nitrogen and oxygen atoms in total. The van der Waals surface area contributed by atoms with Gasteiger partial charge in [-0.25, -0.2) is 9.78 Å². The van der Waals surface area contributed by atoms with Gasteiger partial charge in [-0.15, -0.1) is 34.5 Å². The van der Waals surface area contributed by atoms with Crippen LogP contribution in [0.1, 0.15) is 70.4 Å². The van der Waals surface area contributed by atoms with Crippen molar-refractivity contribution in [2.24, 2.45) is 5.92 Å². The van der Waals surface area contributed by atoms with Gasteiger partial charge in [-0.2, -0.15) is 0 Å². The molecule has 0 aliphatic heterocycles.